The van der Waals surface area contributed by atoms with Gasteiger partial charge in [-0.2, -0.15) is 17.9 Å². The Morgan fingerprint density at radius 1 is 1.19 bits per heavy atom. The van der Waals surface area contributed by atoms with E-state index in [0.29, 0.717) is 46.6 Å². The van der Waals surface area contributed by atoms with Crippen LogP contribution in [0.4, 0.5) is 13.2 Å². The van der Waals surface area contributed by atoms with Crippen molar-refractivity contribution in [1.82, 2.24) is 10.2 Å². The lowest BCUT2D eigenvalue weighted by Crippen LogP contribution is -2.50. The van der Waals surface area contributed by atoms with Crippen LogP contribution in [-0.4, -0.2) is 42.6 Å². The molecule has 1 aromatic heterocycles. The summed E-state index contributed by atoms with van der Waals surface area (Å²) in [4.78, 5) is 15.7. The first-order valence-corrected chi connectivity index (χ1v) is 14.0. The highest BCUT2D eigenvalue weighted by molar-refractivity contribution is 5.83. The molecule has 2 bridgehead atoms. The van der Waals surface area contributed by atoms with Crippen molar-refractivity contribution >= 4 is 5.91 Å². The molecule has 6 rings (SSSR count). The van der Waals surface area contributed by atoms with E-state index >= 15 is 0 Å². The van der Waals surface area contributed by atoms with E-state index in [4.69, 9.17) is 4.74 Å². The second-order valence-corrected chi connectivity index (χ2v) is 12.3. The van der Waals surface area contributed by atoms with Crippen LogP contribution in [0.2, 0.25) is 0 Å². The quantitative estimate of drug-likeness (QED) is 0.463. The van der Waals surface area contributed by atoms with Gasteiger partial charge in [-0.25, -0.2) is 0 Å². The minimum atomic E-state index is -4.60. The predicted octanol–water partition coefficient (Wildman–Crippen LogP) is 4.60. The fraction of sp³-hybridized carbons (Fsp3) is 0.786. The summed E-state index contributed by atoms with van der Waals surface area (Å²) < 4.78 is 46.2. The average Bonchev–Trinajstić information content (AvgIpc) is 3.23. The third kappa shape index (κ3) is 5.49. The Morgan fingerprint density at radius 2 is 1.89 bits per heavy atom. The Balaban J connectivity index is 1.29. The van der Waals surface area contributed by atoms with Gasteiger partial charge in [-0.3, -0.25) is 4.79 Å². The van der Waals surface area contributed by atoms with E-state index in [-0.39, 0.29) is 30.8 Å². The van der Waals surface area contributed by atoms with E-state index in [2.05, 4.69) is 19.2 Å². The molecule has 4 atom stereocenters. The smallest absolute Gasteiger partial charge is 0.422 e. The number of nitrogens with one attached hydrogen (secondary N) is 1. The van der Waals surface area contributed by atoms with Crippen LogP contribution in [0.5, 0.6) is 0 Å². The molecular formula is C28H40F3N3O3. The molecule has 2 saturated heterocycles. The molecule has 5 aliphatic rings. The molecule has 2 unspecified atom stereocenters. The fourth-order valence-electron chi connectivity index (χ4n) is 7.42. The summed E-state index contributed by atoms with van der Waals surface area (Å²) in [5.41, 5.74) is -0.862. The summed E-state index contributed by atoms with van der Waals surface area (Å²) in [6, 6.07) is 1.74. The molecule has 1 N–H and O–H groups in total. The maximum Gasteiger partial charge on any atom is 0.422 e. The molecule has 206 valence electrons. The van der Waals surface area contributed by atoms with Crippen molar-refractivity contribution < 1.29 is 27.4 Å². The third-order valence-electron chi connectivity index (χ3n) is 9.54. The number of carbonyl (C=O) groups is 1. The van der Waals surface area contributed by atoms with Gasteiger partial charge in [0.05, 0.1) is 18.4 Å². The van der Waals surface area contributed by atoms with Gasteiger partial charge in [0.15, 0.2) is 11.9 Å². The SMILES string of the molecule is CC(C)[C@]1(C(=O)N2CCc3c(cc(C(F)(F)F)c[n+]3[O-])C2)CC[C@@H](NC2CC3CCCC(COC3)C2)C1. The number of amides is 1. The first kappa shape index (κ1) is 26.7. The normalized spacial score (nSPS) is 32.6. The van der Waals surface area contributed by atoms with Crippen LogP contribution in [0.3, 0.4) is 0 Å². The van der Waals surface area contributed by atoms with Crippen molar-refractivity contribution in [3.63, 3.8) is 0 Å². The molecule has 9 heteroatoms. The van der Waals surface area contributed by atoms with Crippen molar-refractivity contribution in [3.8, 4) is 0 Å². The number of aromatic nitrogens is 1. The number of hydrogen-bond donors (Lipinski definition) is 1. The monoisotopic (exact) mass is 523 g/mol. The number of hydrogen-bond acceptors (Lipinski definition) is 4. The molecule has 37 heavy (non-hydrogen) atoms. The summed E-state index contributed by atoms with van der Waals surface area (Å²) in [5, 5.41) is 16.2. The van der Waals surface area contributed by atoms with E-state index in [1.54, 1.807) is 4.90 Å². The second-order valence-electron chi connectivity index (χ2n) is 12.3. The van der Waals surface area contributed by atoms with Gasteiger partial charge in [-0.1, -0.05) is 20.3 Å². The Hall–Kier alpha value is -1.87. The number of fused-ring (bicyclic) bond motifs is 7. The molecule has 2 saturated carbocycles. The highest BCUT2D eigenvalue weighted by atomic mass is 19.4. The number of pyridine rings is 1. The minimum absolute atomic E-state index is 0.0234. The number of alkyl halides is 3. The first-order valence-electron chi connectivity index (χ1n) is 14.0. The van der Waals surface area contributed by atoms with Crippen molar-refractivity contribution in [1.29, 1.82) is 0 Å². The maximum absolute atomic E-state index is 14.0. The molecule has 4 heterocycles. The molecule has 6 nitrogen and oxygen atoms in total. The van der Waals surface area contributed by atoms with Crippen LogP contribution in [0.25, 0.3) is 0 Å². The van der Waals surface area contributed by atoms with Crippen LogP contribution in [0.1, 0.15) is 82.0 Å². The van der Waals surface area contributed by atoms with Crippen LogP contribution >= 0.6 is 0 Å². The molecule has 0 radical (unpaired) electrons. The Kier molecular flexibility index (Phi) is 7.48. The van der Waals surface area contributed by atoms with Gasteiger partial charge < -0.3 is 20.2 Å². The largest absolute Gasteiger partial charge is 0.618 e. The molecule has 0 aromatic carbocycles. The van der Waals surface area contributed by atoms with Crippen LogP contribution in [-0.2, 0) is 28.7 Å². The van der Waals surface area contributed by atoms with Crippen molar-refractivity contribution in [2.24, 2.45) is 23.2 Å². The van der Waals surface area contributed by atoms with Gasteiger partial charge in [0, 0.05) is 37.4 Å². The number of carbonyl (C=O) groups excluding carboxylic acids is 1. The lowest BCUT2D eigenvalue weighted by Gasteiger charge is -2.40. The van der Waals surface area contributed by atoms with Gasteiger partial charge in [-0.15, -0.1) is 0 Å². The van der Waals surface area contributed by atoms with Crippen molar-refractivity contribution in [3.05, 3.63) is 34.3 Å². The third-order valence-corrected chi connectivity index (χ3v) is 9.54. The Morgan fingerprint density at radius 3 is 2.54 bits per heavy atom. The van der Waals surface area contributed by atoms with Crippen LogP contribution in [0.15, 0.2) is 12.3 Å². The maximum atomic E-state index is 14.0. The van der Waals surface area contributed by atoms with Crippen molar-refractivity contribution in [2.75, 3.05) is 19.8 Å². The minimum Gasteiger partial charge on any atom is -0.618 e. The van der Waals surface area contributed by atoms with Crippen LogP contribution < -0.4 is 10.0 Å². The molecule has 1 amide bonds. The van der Waals surface area contributed by atoms with E-state index < -0.39 is 17.2 Å². The summed E-state index contributed by atoms with van der Waals surface area (Å²) in [6.45, 7) is 6.29. The average molecular weight is 524 g/mol. The van der Waals surface area contributed by atoms with Gasteiger partial charge in [0.2, 0.25) is 5.91 Å². The number of halogens is 3. The lowest BCUT2D eigenvalue weighted by molar-refractivity contribution is -0.616. The first-order chi connectivity index (χ1) is 17.5. The highest BCUT2D eigenvalue weighted by Crippen LogP contribution is 2.47. The summed E-state index contributed by atoms with van der Waals surface area (Å²) >= 11 is 0. The molecular weight excluding hydrogens is 483 g/mol. The Labute approximate surface area is 217 Å². The van der Waals surface area contributed by atoms with E-state index in [9.17, 15) is 23.2 Å². The van der Waals surface area contributed by atoms with E-state index in [1.807, 2.05) is 0 Å². The number of nitrogens with zero attached hydrogens (tertiary/aromatic N) is 2. The zero-order valence-corrected chi connectivity index (χ0v) is 22.0. The lowest BCUT2D eigenvalue weighted by atomic mass is 9.73. The van der Waals surface area contributed by atoms with Gasteiger partial charge in [0.25, 0.3) is 0 Å². The van der Waals surface area contributed by atoms with E-state index in [0.717, 1.165) is 51.4 Å². The predicted molar refractivity (Wildman–Crippen MR) is 132 cm³/mol. The van der Waals surface area contributed by atoms with E-state index in [1.165, 1.54) is 19.3 Å². The molecule has 0 spiro atoms. The van der Waals surface area contributed by atoms with Crippen molar-refractivity contribution in [2.45, 2.75) is 96.4 Å². The summed E-state index contributed by atoms with van der Waals surface area (Å²) in [7, 11) is 0. The number of rotatable bonds is 4. The topological polar surface area (TPSA) is 68.5 Å². The summed E-state index contributed by atoms with van der Waals surface area (Å²) in [5.74, 6) is 1.32. The molecule has 1 aromatic rings. The second kappa shape index (κ2) is 10.4. The fourth-order valence-corrected chi connectivity index (χ4v) is 7.42. The standard InChI is InChI=1S/C28H40F3N3O3/c1-18(2)27(8-6-23(13-27)32-24-10-19-4-3-5-20(11-24)17-37-16-19)26(35)33-9-7-25-21(14-33)12-22(15-34(25)36)28(29,30)31/h12,15,18-20,23-24,32H,3-11,13-14,16-17H2,1-2H3/t19?,20?,23-,24?,27+/m1/s1. The highest BCUT2D eigenvalue weighted by Gasteiger charge is 2.50. The Bertz CT molecular complexity index is 977. The zero-order chi connectivity index (χ0) is 26.4. The summed E-state index contributed by atoms with van der Waals surface area (Å²) in [6.07, 6.45) is 4.71. The van der Waals surface area contributed by atoms with Crippen LogP contribution in [0, 0.1) is 28.4 Å². The molecule has 2 aliphatic carbocycles. The molecule has 3 aliphatic heterocycles. The molecule has 4 fully saturated rings. The zero-order valence-electron chi connectivity index (χ0n) is 22.0. The van der Waals surface area contributed by atoms with Gasteiger partial charge in [0.1, 0.15) is 5.56 Å². The van der Waals surface area contributed by atoms with Gasteiger partial charge >= 0.3 is 6.18 Å². The number of ether oxygens (including phenoxy) is 1. The van der Waals surface area contributed by atoms with Gasteiger partial charge in [-0.05, 0) is 68.8 Å².